The molecule has 4 rings (SSSR count). The molecule has 2 aromatic heterocycles. The second kappa shape index (κ2) is 5.81. The fourth-order valence-corrected chi connectivity index (χ4v) is 3.76. The summed E-state index contributed by atoms with van der Waals surface area (Å²) in [7, 11) is 0. The van der Waals surface area contributed by atoms with E-state index in [9.17, 15) is 0 Å². The van der Waals surface area contributed by atoms with Crippen molar-refractivity contribution in [1.82, 2.24) is 0 Å². The van der Waals surface area contributed by atoms with Crippen molar-refractivity contribution in [3.8, 4) is 22.3 Å². The van der Waals surface area contributed by atoms with Crippen LogP contribution in [-0.4, -0.2) is 0 Å². The number of benzene rings is 2. The monoisotopic (exact) mass is 316 g/mol. The standard InChI is InChI=1S/C20H12S2/c1-2-7-19-15(5-1)13-17(20-8-4-12-22-20)14-16(19)9-10-18-6-3-11-21-18/h1-8,11-14H. The number of hydrogen-bond acceptors (Lipinski definition) is 2. The Kier molecular flexibility index (Phi) is 3.52. The highest BCUT2D eigenvalue weighted by molar-refractivity contribution is 7.13. The van der Waals surface area contributed by atoms with Crippen molar-refractivity contribution in [3.05, 3.63) is 81.9 Å². The summed E-state index contributed by atoms with van der Waals surface area (Å²) in [5, 5.41) is 6.63. The van der Waals surface area contributed by atoms with Gasteiger partial charge in [-0.2, -0.15) is 0 Å². The van der Waals surface area contributed by atoms with Crippen molar-refractivity contribution in [2.24, 2.45) is 0 Å². The molecule has 0 saturated carbocycles. The Morgan fingerprint density at radius 1 is 0.727 bits per heavy atom. The van der Waals surface area contributed by atoms with E-state index >= 15 is 0 Å². The molecule has 0 aliphatic rings. The maximum atomic E-state index is 3.36. The topological polar surface area (TPSA) is 0 Å². The van der Waals surface area contributed by atoms with Crippen LogP contribution in [0.2, 0.25) is 0 Å². The predicted octanol–water partition coefficient (Wildman–Crippen LogP) is 6.03. The van der Waals surface area contributed by atoms with Gasteiger partial charge in [-0.15, -0.1) is 22.7 Å². The SMILES string of the molecule is C(#Cc1cc(-c2cccs2)cc2ccccc12)c1cccs1. The fraction of sp³-hybridized carbons (Fsp3) is 0. The van der Waals surface area contributed by atoms with Gasteiger partial charge in [0.15, 0.2) is 0 Å². The quantitative estimate of drug-likeness (QED) is 0.376. The Morgan fingerprint density at radius 3 is 2.41 bits per heavy atom. The molecule has 0 aliphatic carbocycles. The Morgan fingerprint density at radius 2 is 1.59 bits per heavy atom. The van der Waals surface area contributed by atoms with E-state index in [4.69, 9.17) is 0 Å². The molecule has 2 heterocycles. The minimum atomic E-state index is 1.09. The van der Waals surface area contributed by atoms with Gasteiger partial charge in [0.05, 0.1) is 4.88 Å². The molecule has 104 valence electrons. The number of hydrogen-bond donors (Lipinski definition) is 0. The van der Waals surface area contributed by atoms with Crippen LogP contribution in [0.15, 0.2) is 71.4 Å². The van der Waals surface area contributed by atoms with Crippen LogP contribution in [-0.2, 0) is 0 Å². The van der Waals surface area contributed by atoms with Crippen molar-refractivity contribution in [2.75, 3.05) is 0 Å². The van der Waals surface area contributed by atoms with E-state index in [1.165, 1.54) is 21.2 Å². The minimum absolute atomic E-state index is 1.09. The van der Waals surface area contributed by atoms with Crippen LogP contribution in [0.1, 0.15) is 10.4 Å². The van der Waals surface area contributed by atoms with Crippen LogP contribution in [0, 0.1) is 11.8 Å². The van der Waals surface area contributed by atoms with Gasteiger partial charge in [0, 0.05) is 10.4 Å². The Bertz CT molecular complexity index is 966. The highest BCUT2D eigenvalue weighted by Gasteiger charge is 2.05. The van der Waals surface area contributed by atoms with E-state index in [-0.39, 0.29) is 0 Å². The van der Waals surface area contributed by atoms with E-state index in [0.29, 0.717) is 0 Å². The summed E-state index contributed by atoms with van der Waals surface area (Å²) in [4.78, 5) is 2.38. The molecule has 22 heavy (non-hydrogen) atoms. The Hall–Kier alpha value is -2.34. The first kappa shape index (κ1) is 13.3. The Labute approximate surface area is 137 Å². The molecule has 0 saturated heterocycles. The van der Waals surface area contributed by atoms with Gasteiger partial charge in [-0.1, -0.05) is 48.2 Å². The summed E-state index contributed by atoms with van der Waals surface area (Å²) in [6, 6.07) is 21.2. The maximum absolute atomic E-state index is 3.36. The van der Waals surface area contributed by atoms with Gasteiger partial charge in [0.2, 0.25) is 0 Å². The summed E-state index contributed by atoms with van der Waals surface area (Å²) < 4.78 is 0. The first-order valence-corrected chi connectivity index (χ1v) is 8.78. The van der Waals surface area contributed by atoms with Gasteiger partial charge >= 0.3 is 0 Å². The summed E-state index contributed by atoms with van der Waals surface area (Å²) in [6.07, 6.45) is 0. The van der Waals surface area contributed by atoms with Crippen LogP contribution in [0.25, 0.3) is 21.2 Å². The lowest BCUT2D eigenvalue weighted by molar-refractivity contribution is 1.69. The Balaban J connectivity index is 1.91. The zero-order valence-electron chi connectivity index (χ0n) is 11.7. The van der Waals surface area contributed by atoms with Gasteiger partial charge in [-0.25, -0.2) is 0 Å². The van der Waals surface area contributed by atoms with Crippen LogP contribution in [0.3, 0.4) is 0 Å². The zero-order chi connectivity index (χ0) is 14.8. The molecule has 0 atom stereocenters. The van der Waals surface area contributed by atoms with Crippen molar-refractivity contribution < 1.29 is 0 Å². The highest BCUT2D eigenvalue weighted by atomic mass is 32.1. The average Bonchev–Trinajstić information content (AvgIpc) is 3.25. The van der Waals surface area contributed by atoms with E-state index < -0.39 is 0 Å². The molecular weight excluding hydrogens is 304 g/mol. The van der Waals surface area contributed by atoms with Crippen molar-refractivity contribution in [1.29, 1.82) is 0 Å². The molecule has 0 spiro atoms. The molecule has 0 bridgehead atoms. The number of thiophene rings is 2. The second-order valence-corrected chi connectivity index (χ2v) is 6.84. The lowest BCUT2D eigenvalue weighted by Crippen LogP contribution is -1.83. The van der Waals surface area contributed by atoms with Crippen molar-refractivity contribution in [3.63, 3.8) is 0 Å². The summed E-state index contributed by atoms with van der Waals surface area (Å²) in [5.41, 5.74) is 2.33. The summed E-state index contributed by atoms with van der Waals surface area (Å²) in [5.74, 6) is 6.63. The molecule has 2 aromatic carbocycles. The van der Waals surface area contributed by atoms with E-state index in [0.717, 1.165) is 10.4 Å². The zero-order valence-corrected chi connectivity index (χ0v) is 13.4. The van der Waals surface area contributed by atoms with Crippen LogP contribution in [0.5, 0.6) is 0 Å². The molecule has 0 N–H and O–H groups in total. The fourth-order valence-electron chi connectivity index (χ4n) is 2.48. The first-order valence-electron chi connectivity index (χ1n) is 7.02. The molecule has 4 aromatic rings. The van der Waals surface area contributed by atoms with Crippen LogP contribution >= 0.6 is 22.7 Å². The van der Waals surface area contributed by atoms with Crippen LogP contribution < -0.4 is 0 Å². The normalized spacial score (nSPS) is 10.4. The third-order valence-electron chi connectivity index (χ3n) is 3.51. The van der Waals surface area contributed by atoms with Gasteiger partial charge < -0.3 is 0 Å². The van der Waals surface area contributed by atoms with Gasteiger partial charge in [-0.05, 0) is 51.4 Å². The van der Waals surface area contributed by atoms with Crippen molar-refractivity contribution >= 4 is 33.4 Å². The van der Waals surface area contributed by atoms with E-state index in [2.05, 4.69) is 77.2 Å². The molecule has 0 aliphatic heterocycles. The lowest BCUT2D eigenvalue weighted by Gasteiger charge is -2.05. The molecule has 0 fully saturated rings. The van der Waals surface area contributed by atoms with E-state index in [1.54, 1.807) is 22.7 Å². The first-order chi connectivity index (χ1) is 10.9. The third kappa shape index (κ3) is 2.57. The predicted molar refractivity (Wildman–Crippen MR) is 97.6 cm³/mol. The molecule has 0 unspecified atom stereocenters. The van der Waals surface area contributed by atoms with Crippen LogP contribution in [0.4, 0.5) is 0 Å². The molecule has 0 nitrogen and oxygen atoms in total. The molecule has 0 amide bonds. The van der Waals surface area contributed by atoms with Gasteiger partial charge in [0.25, 0.3) is 0 Å². The molecular formula is C20H12S2. The number of rotatable bonds is 1. The average molecular weight is 316 g/mol. The summed E-state index contributed by atoms with van der Waals surface area (Å²) >= 11 is 3.44. The van der Waals surface area contributed by atoms with Gasteiger partial charge in [0.1, 0.15) is 0 Å². The highest BCUT2D eigenvalue weighted by Crippen LogP contribution is 2.30. The van der Waals surface area contributed by atoms with Crippen molar-refractivity contribution in [2.45, 2.75) is 0 Å². The smallest absolute Gasteiger partial charge is 0.0772 e. The maximum Gasteiger partial charge on any atom is 0.0772 e. The lowest BCUT2D eigenvalue weighted by atomic mass is 10.0. The molecule has 2 heteroatoms. The van der Waals surface area contributed by atoms with Gasteiger partial charge in [-0.3, -0.25) is 0 Å². The summed E-state index contributed by atoms with van der Waals surface area (Å²) in [6.45, 7) is 0. The molecule has 0 radical (unpaired) electrons. The second-order valence-electron chi connectivity index (χ2n) is 4.95. The number of fused-ring (bicyclic) bond motifs is 1. The minimum Gasteiger partial charge on any atom is -0.144 e. The van der Waals surface area contributed by atoms with E-state index in [1.807, 2.05) is 6.07 Å². The third-order valence-corrected chi connectivity index (χ3v) is 5.21. The largest absolute Gasteiger partial charge is 0.144 e.